The molecule has 1 heterocycles. The van der Waals surface area contributed by atoms with Crippen LogP contribution in [-0.4, -0.2) is 10.9 Å². The largest absolute Gasteiger partial charge is 0.290 e. The van der Waals surface area contributed by atoms with Crippen molar-refractivity contribution < 1.29 is 4.79 Å². The van der Waals surface area contributed by atoms with E-state index in [-0.39, 0.29) is 11.8 Å². The second kappa shape index (κ2) is 5.36. The van der Waals surface area contributed by atoms with Crippen molar-refractivity contribution in [1.29, 1.82) is 0 Å². The lowest BCUT2D eigenvalue weighted by molar-refractivity contribution is 0.0955. The Labute approximate surface area is 113 Å². The van der Waals surface area contributed by atoms with Crippen molar-refractivity contribution in [3.05, 3.63) is 41.1 Å². The summed E-state index contributed by atoms with van der Waals surface area (Å²) in [6, 6.07) is 7.74. The van der Waals surface area contributed by atoms with Crippen LogP contribution < -0.4 is 11.3 Å². The first-order valence-electron chi connectivity index (χ1n) is 6.52. The molecular weight excluding hydrogens is 238 g/mol. The van der Waals surface area contributed by atoms with Gasteiger partial charge in [0.2, 0.25) is 0 Å². The maximum atomic E-state index is 11.9. The Morgan fingerprint density at radius 3 is 2.74 bits per heavy atom. The zero-order valence-corrected chi connectivity index (χ0v) is 11.5. The molecule has 4 heteroatoms. The number of fused-ring (bicyclic) bond motifs is 1. The van der Waals surface area contributed by atoms with Gasteiger partial charge in [-0.1, -0.05) is 39.0 Å². The van der Waals surface area contributed by atoms with Crippen LogP contribution in [0.5, 0.6) is 0 Å². The van der Waals surface area contributed by atoms with Gasteiger partial charge in [0, 0.05) is 11.1 Å². The molecule has 0 aliphatic carbocycles. The van der Waals surface area contributed by atoms with Crippen molar-refractivity contribution in [3.8, 4) is 0 Å². The lowest BCUT2D eigenvalue weighted by Crippen LogP contribution is -2.30. The van der Waals surface area contributed by atoms with E-state index < -0.39 is 0 Å². The SMILES string of the molecule is CCc1cccc2c(C(=O)NN)cc(C(C)C)nc12. The molecule has 1 amide bonds. The van der Waals surface area contributed by atoms with E-state index in [4.69, 9.17) is 10.8 Å². The topological polar surface area (TPSA) is 68.0 Å². The van der Waals surface area contributed by atoms with Crippen molar-refractivity contribution >= 4 is 16.8 Å². The van der Waals surface area contributed by atoms with Crippen LogP contribution in [0.4, 0.5) is 0 Å². The number of pyridine rings is 1. The Kier molecular flexibility index (Phi) is 3.81. The first-order chi connectivity index (χ1) is 9.08. The maximum Gasteiger partial charge on any atom is 0.265 e. The van der Waals surface area contributed by atoms with Gasteiger partial charge in [0.05, 0.1) is 11.1 Å². The van der Waals surface area contributed by atoms with Crippen molar-refractivity contribution in [3.63, 3.8) is 0 Å². The number of hydrogen-bond donors (Lipinski definition) is 2. The highest BCUT2D eigenvalue weighted by atomic mass is 16.2. The number of aryl methyl sites for hydroxylation is 1. The summed E-state index contributed by atoms with van der Waals surface area (Å²) in [5.41, 5.74) is 5.75. The fourth-order valence-electron chi connectivity index (χ4n) is 2.17. The molecule has 0 saturated heterocycles. The van der Waals surface area contributed by atoms with Crippen molar-refractivity contribution in [2.75, 3.05) is 0 Å². The third-order valence-corrected chi connectivity index (χ3v) is 3.29. The number of para-hydroxylation sites is 1. The summed E-state index contributed by atoms with van der Waals surface area (Å²) in [4.78, 5) is 16.6. The fraction of sp³-hybridized carbons (Fsp3) is 0.333. The van der Waals surface area contributed by atoms with Gasteiger partial charge < -0.3 is 0 Å². The third kappa shape index (κ3) is 2.44. The molecule has 0 atom stereocenters. The van der Waals surface area contributed by atoms with E-state index in [2.05, 4.69) is 26.2 Å². The molecule has 0 unspecified atom stereocenters. The summed E-state index contributed by atoms with van der Waals surface area (Å²) in [5.74, 6) is 5.26. The lowest BCUT2D eigenvalue weighted by Gasteiger charge is -2.12. The molecule has 0 fully saturated rings. The van der Waals surface area contributed by atoms with Gasteiger partial charge in [0.1, 0.15) is 0 Å². The number of benzene rings is 1. The molecule has 0 aliphatic rings. The summed E-state index contributed by atoms with van der Waals surface area (Å²) < 4.78 is 0. The number of nitrogens with zero attached hydrogens (tertiary/aromatic N) is 1. The Bertz CT molecular complexity index is 620. The zero-order chi connectivity index (χ0) is 14.0. The van der Waals surface area contributed by atoms with Gasteiger partial charge in [-0.15, -0.1) is 0 Å². The smallest absolute Gasteiger partial charge is 0.265 e. The predicted molar refractivity (Wildman–Crippen MR) is 76.9 cm³/mol. The molecule has 4 nitrogen and oxygen atoms in total. The van der Waals surface area contributed by atoms with Crippen LogP contribution in [0.25, 0.3) is 10.9 Å². The monoisotopic (exact) mass is 257 g/mol. The van der Waals surface area contributed by atoms with E-state index >= 15 is 0 Å². The van der Waals surface area contributed by atoms with E-state index in [1.54, 1.807) is 0 Å². The minimum Gasteiger partial charge on any atom is -0.290 e. The molecule has 2 aromatic rings. The average molecular weight is 257 g/mol. The molecular formula is C15H19N3O. The summed E-state index contributed by atoms with van der Waals surface area (Å²) in [6.45, 7) is 6.21. The van der Waals surface area contributed by atoms with Gasteiger partial charge in [0.15, 0.2) is 0 Å². The predicted octanol–water partition coefficient (Wildman–Crippen LogP) is 2.52. The maximum absolute atomic E-state index is 11.9. The summed E-state index contributed by atoms with van der Waals surface area (Å²) in [6.07, 6.45) is 0.884. The molecule has 100 valence electrons. The number of hydrazine groups is 1. The number of amides is 1. The second-order valence-corrected chi connectivity index (χ2v) is 4.89. The number of nitrogens with one attached hydrogen (secondary N) is 1. The Morgan fingerprint density at radius 1 is 1.42 bits per heavy atom. The lowest BCUT2D eigenvalue weighted by atomic mass is 9.99. The molecule has 1 aromatic carbocycles. The third-order valence-electron chi connectivity index (χ3n) is 3.29. The molecule has 0 spiro atoms. The van der Waals surface area contributed by atoms with Crippen LogP contribution in [0, 0.1) is 0 Å². The number of nitrogen functional groups attached to an aromatic ring is 1. The van der Waals surface area contributed by atoms with Gasteiger partial charge in [-0.3, -0.25) is 15.2 Å². The fourth-order valence-corrected chi connectivity index (χ4v) is 2.17. The second-order valence-electron chi connectivity index (χ2n) is 4.89. The van der Waals surface area contributed by atoms with Gasteiger partial charge >= 0.3 is 0 Å². The summed E-state index contributed by atoms with van der Waals surface area (Å²) >= 11 is 0. The zero-order valence-electron chi connectivity index (χ0n) is 11.5. The summed E-state index contributed by atoms with van der Waals surface area (Å²) in [7, 11) is 0. The summed E-state index contributed by atoms with van der Waals surface area (Å²) in [5, 5.41) is 0.853. The number of carbonyl (C=O) groups excluding carboxylic acids is 1. The Balaban J connectivity index is 2.81. The first kappa shape index (κ1) is 13.5. The van der Waals surface area contributed by atoms with Crippen LogP contribution in [0.3, 0.4) is 0 Å². The first-order valence-corrected chi connectivity index (χ1v) is 6.52. The van der Waals surface area contributed by atoms with E-state index in [0.717, 1.165) is 28.6 Å². The minimum absolute atomic E-state index is 0.263. The number of nitrogens with two attached hydrogens (primary N) is 1. The van der Waals surface area contributed by atoms with E-state index in [1.165, 1.54) is 0 Å². The molecule has 1 aromatic heterocycles. The molecule has 0 radical (unpaired) electrons. The quantitative estimate of drug-likeness (QED) is 0.504. The number of rotatable bonds is 3. The Hall–Kier alpha value is -1.94. The molecule has 2 rings (SSSR count). The van der Waals surface area contributed by atoms with Crippen LogP contribution in [0.1, 0.15) is 48.3 Å². The number of hydrogen-bond acceptors (Lipinski definition) is 3. The van der Waals surface area contributed by atoms with Gasteiger partial charge in [0.25, 0.3) is 5.91 Å². The molecule has 19 heavy (non-hydrogen) atoms. The van der Waals surface area contributed by atoms with Crippen molar-refractivity contribution in [2.24, 2.45) is 5.84 Å². The van der Waals surface area contributed by atoms with Crippen LogP contribution in [-0.2, 0) is 6.42 Å². The molecule has 3 N–H and O–H groups in total. The molecule has 0 aliphatic heterocycles. The van der Waals surface area contributed by atoms with Crippen LogP contribution >= 0.6 is 0 Å². The van der Waals surface area contributed by atoms with Crippen molar-refractivity contribution in [2.45, 2.75) is 33.1 Å². The van der Waals surface area contributed by atoms with Gasteiger partial charge in [-0.2, -0.15) is 0 Å². The van der Waals surface area contributed by atoms with Crippen LogP contribution in [0.2, 0.25) is 0 Å². The minimum atomic E-state index is -0.275. The van der Waals surface area contributed by atoms with Gasteiger partial charge in [-0.25, -0.2) is 5.84 Å². The standard InChI is InChI=1S/C15H19N3O/c1-4-10-6-5-7-11-12(15(19)18-16)8-13(9(2)3)17-14(10)11/h5-9H,4,16H2,1-3H3,(H,18,19). The highest BCUT2D eigenvalue weighted by molar-refractivity contribution is 6.06. The average Bonchev–Trinajstić information content (AvgIpc) is 2.44. The molecule has 0 saturated carbocycles. The van der Waals surface area contributed by atoms with Crippen molar-refractivity contribution in [1.82, 2.24) is 10.4 Å². The highest BCUT2D eigenvalue weighted by Gasteiger charge is 2.15. The highest BCUT2D eigenvalue weighted by Crippen LogP contribution is 2.25. The Morgan fingerprint density at radius 2 is 2.16 bits per heavy atom. The normalized spacial score (nSPS) is 11.0. The van der Waals surface area contributed by atoms with E-state index in [9.17, 15) is 4.79 Å². The van der Waals surface area contributed by atoms with Gasteiger partial charge in [-0.05, 0) is 24.0 Å². The van der Waals surface area contributed by atoms with E-state index in [0.29, 0.717) is 5.56 Å². The number of aromatic nitrogens is 1. The van der Waals surface area contributed by atoms with E-state index in [1.807, 2.05) is 24.3 Å². The van der Waals surface area contributed by atoms with Crippen LogP contribution in [0.15, 0.2) is 24.3 Å². The number of carbonyl (C=O) groups is 1. The molecule has 0 bridgehead atoms.